The van der Waals surface area contributed by atoms with Gasteiger partial charge in [-0.15, -0.1) is 0 Å². The smallest absolute Gasteiger partial charge is 0.227 e. The fourth-order valence-corrected chi connectivity index (χ4v) is 4.44. The van der Waals surface area contributed by atoms with E-state index in [2.05, 4.69) is 5.32 Å². The molecule has 0 unspecified atom stereocenters. The number of rotatable bonds is 4. The van der Waals surface area contributed by atoms with Gasteiger partial charge in [0.2, 0.25) is 5.91 Å². The summed E-state index contributed by atoms with van der Waals surface area (Å²) < 4.78 is 15.2. The van der Waals surface area contributed by atoms with E-state index in [-0.39, 0.29) is 11.7 Å². The van der Waals surface area contributed by atoms with Crippen LogP contribution in [0.15, 0.2) is 60.8 Å². The van der Waals surface area contributed by atoms with Gasteiger partial charge in [-0.05, 0) is 48.2 Å². The summed E-state index contributed by atoms with van der Waals surface area (Å²) in [6, 6.07) is 16.1. The molecule has 1 N–H and O–H groups in total. The lowest BCUT2D eigenvalue weighted by Crippen LogP contribution is -2.33. The number of carbonyl (C=O) groups excluding carboxylic acids is 1. The van der Waals surface area contributed by atoms with Gasteiger partial charge >= 0.3 is 0 Å². The second kappa shape index (κ2) is 7.44. The van der Waals surface area contributed by atoms with E-state index in [0.29, 0.717) is 18.3 Å². The van der Waals surface area contributed by atoms with Crippen molar-refractivity contribution in [1.29, 1.82) is 0 Å². The zero-order chi connectivity index (χ0) is 19.8. The predicted octanol–water partition coefficient (Wildman–Crippen LogP) is 2.90. The Morgan fingerprint density at radius 2 is 1.72 bits per heavy atom. The number of nitrogens with one attached hydrogen (secondary N) is 1. The summed E-state index contributed by atoms with van der Waals surface area (Å²) in [4.78, 5) is 15.0. The number of fused-ring (bicyclic) bond motifs is 1. The molecule has 0 bridgehead atoms. The van der Waals surface area contributed by atoms with Crippen molar-refractivity contribution >= 4 is 5.91 Å². The van der Waals surface area contributed by atoms with Crippen LogP contribution in [0.4, 0.5) is 4.39 Å². The van der Waals surface area contributed by atoms with Crippen molar-refractivity contribution in [2.45, 2.75) is 6.42 Å². The Bertz CT molecular complexity index is 1000. The molecule has 148 valence electrons. The first-order valence-electron chi connectivity index (χ1n) is 10.1. The van der Waals surface area contributed by atoms with Crippen molar-refractivity contribution in [3.63, 3.8) is 0 Å². The lowest BCUT2D eigenvalue weighted by molar-refractivity contribution is -0.129. The van der Waals surface area contributed by atoms with E-state index in [1.807, 2.05) is 41.4 Å². The zero-order valence-corrected chi connectivity index (χ0v) is 16.1. The second-order valence-corrected chi connectivity index (χ2v) is 7.94. The summed E-state index contributed by atoms with van der Waals surface area (Å²) >= 11 is 0. The molecule has 2 aliphatic heterocycles. The molecule has 1 amide bonds. The molecule has 6 heteroatoms. The summed E-state index contributed by atoms with van der Waals surface area (Å²) in [7, 11) is 0. The number of amides is 1. The topological polar surface area (TPSA) is 50.2 Å². The molecule has 2 aromatic carbocycles. The number of likely N-dealkylation sites (tertiary alicyclic amines) is 1. The van der Waals surface area contributed by atoms with Crippen molar-refractivity contribution in [1.82, 2.24) is 20.0 Å². The van der Waals surface area contributed by atoms with Crippen molar-refractivity contribution in [2.24, 2.45) is 11.8 Å². The fraction of sp³-hybridized carbons (Fsp3) is 0.304. The molecule has 29 heavy (non-hydrogen) atoms. The highest BCUT2D eigenvalue weighted by molar-refractivity contribution is 5.81. The average Bonchev–Trinajstić information content (AvgIpc) is 3.44. The van der Waals surface area contributed by atoms with Crippen LogP contribution >= 0.6 is 0 Å². The molecular formula is C23H23FN4O. The summed E-state index contributed by atoms with van der Waals surface area (Å²) in [5.41, 5.74) is 3.33. The molecule has 2 fully saturated rings. The molecule has 0 spiro atoms. The molecule has 0 saturated carbocycles. The lowest BCUT2D eigenvalue weighted by Gasteiger charge is -2.17. The summed E-state index contributed by atoms with van der Waals surface area (Å²) in [6.45, 7) is 3.66. The second-order valence-electron chi connectivity index (χ2n) is 7.94. The number of para-hydroxylation sites is 1. The minimum atomic E-state index is -0.286. The molecule has 1 aromatic heterocycles. The first-order valence-corrected chi connectivity index (χ1v) is 10.1. The van der Waals surface area contributed by atoms with E-state index in [1.54, 1.807) is 16.8 Å². The van der Waals surface area contributed by atoms with E-state index in [0.717, 1.165) is 48.7 Å². The monoisotopic (exact) mass is 390 g/mol. The van der Waals surface area contributed by atoms with Gasteiger partial charge in [0.1, 0.15) is 5.82 Å². The molecule has 5 nitrogen and oxygen atoms in total. The van der Waals surface area contributed by atoms with Crippen LogP contribution in [-0.4, -0.2) is 46.8 Å². The van der Waals surface area contributed by atoms with Crippen LogP contribution in [0.2, 0.25) is 0 Å². The SMILES string of the molecule is O=C(Cc1cn(-c2ccccc2)nc1-c1ccc(F)cc1)N1C[C@H]2CNC[C@H]2C1. The third-order valence-electron chi connectivity index (χ3n) is 6.01. The van der Waals surface area contributed by atoms with E-state index >= 15 is 0 Å². The van der Waals surface area contributed by atoms with E-state index in [1.165, 1.54) is 12.1 Å². The van der Waals surface area contributed by atoms with Crippen molar-refractivity contribution in [2.75, 3.05) is 26.2 Å². The van der Waals surface area contributed by atoms with Crippen LogP contribution in [0.25, 0.3) is 16.9 Å². The van der Waals surface area contributed by atoms with E-state index in [9.17, 15) is 9.18 Å². The number of carbonyl (C=O) groups is 1. The van der Waals surface area contributed by atoms with Crippen LogP contribution in [0.5, 0.6) is 0 Å². The Balaban J connectivity index is 1.45. The Labute approximate surface area is 169 Å². The number of benzene rings is 2. The van der Waals surface area contributed by atoms with Crippen LogP contribution in [0, 0.1) is 17.7 Å². The Kier molecular flexibility index (Phi) is 4.64. The highest BCUT2D eigenvalue weighted by Gasteiger charge is 2.38. The molecule has 2 atom stereocenters. The van der Waals surface area contributed by atoms with Gasteiger partial charge in [0.15, 0.2) is 0 Å². The third kappa shape index (κ3) is 3.56. The molecular weight excluding hydrogens is 367 g/mol. The van der Waals surface area contributed by atoms with Gasteiger partial charge in [-0.1, -0.05) is 18.2 Å². The molecule has 5 rings (SSSR count). The number of halogens is 1. The van der Waals surface area contributed by atoms with Gasteiger partial charge in [-0.25, -0.2) is 9.07 Å². The normalized spacial score (nSPS) is 20.8. The minimum absolute atomic E-state index is 0.135. The highest BCUT2D eigenvalue weighted by atomic mass is 19.1. The van der Waals surface area contributed by atoms with E-state index < -0.39 is 0 Å². The average molecular weight is 390 g/mol. The summed E-state index contributed by atoms with van der Waals surface area (Å²) in [5, 5.41) is 8.14. The van der Waals surface area contributed by atoms with Gasteiger partial charge in [0.25, 0.3) is 0 Å². The summed E-state index contributed by atoms with van der Waals surface area (Å²) in [5.74, 6) is 0.992. The van der Waals surface area contributed by atoms with Crippen LogP contribution in [-0.2, 0) is 11.2 Å². The van der Waals surface area contributed by atoms with Crippen LogP contribution < -0.4 is 5.32 Å². The Morgan fingerprint density at radius 3 is 2.41 bits per heavy atom. The standard InChI is InChI=1S/C23H23FN4O/c24-20-8-6-16(7-9-20)23-17(15-28(26-23)21-4-2-1-3-5-21)10-22(29)27-13-18-11-25-12-19(18)14-27/h1-9,15,18-19,25H,10-14H2/t18-,19+. The van der Waals surface area contributed by atoms with Gasteiger partial charge in [0, 0.05) is 43.5 Å². The van der Waals surface area contributed by atoms with Crippen molar-refractivity contribution < 1.29 is 9.18 Å². The maximum atomic E-state index is 13.4. The highest BCUT2D eigenvalue weighted by Crippen LogP contribution is 2.29. The maximum absolute atomic E-state index is 13.4. The third-order valence-corrected chi connectivity index (χ3v) is 6.01. The largest absolute Gasteiger partial charge is 0.342 e. The quantitative estimate of drug-likeness (QED) is 0.745. The number of nitrogens with zero attached hydrogens (tertiary/aromatic N) is 3. The van der Waals surface area contributed by atoms with Gasteiger partial charge < -0.3 is 10.2 Å². The molecule has 2 saturated heterocycles. The maximum Gasteiger partial charge on any atom is 0.227 e. The first kappa shape index (κ1) is 18.1. The molecule has 3 aromatic rings. The zero-order valence-electron chi connectivity index (χ0n) is 16.1. The van der Waals surface area contributed by atoms with Crippen LogP contribution in [0.1, 0.15) is 5.56 Å². The predicted molar refractivity (Wildman–Crippen MR) is 109 cm³/mol. The van der Waals surface area contributed by atoms with E-state index in [4.69, 9.17) is 5.10 Å². The Morgan fingerprint density at radius 1 is 1.03 bits per heavy atom. The molecule has 2 aliphatic rings. The first-order chi connectivity index (χ1) is 14.2. The van der Waals surface area contributed by atoms with Gasteiger partial charge in [-0.3, -0.25) is 4.79 Å². The van der Waals surface area contributed by atoms with Crippen LogP contribution in [0.3, 0.4) is 0 Å². The number of aromatic nitrogens is 2. The van der Waals surface area contributed by atoms with Crippen molar-refractivity contribution in [3.8, 4) is 16.9 Å². The number of hydrogen-bond donors (Lipinski definition) is 1. The number of hydrogen-bond acceptors (Lipinski definition) is 3. The molecule has 0 aliphatic carbocycles. The van der Waals surface area contributed by atoms with Gasteiger partial charge in [0.05, 0.1) is 17.8 Å². The molecule has 3 heterocycles. The van der Waals surface area contributed by atoms with Crippen molar-refractivity contribution in [3.05, 3.63) is 72.2 Å². The molecule has 0 radical (unpaired) electrons. The Hall–Kier alpha value is -2.99. The summed E-state index contributed by atoms with van der Waals surface area (Å²) in [6.07, 6.45) is 2.22. The lowest BCUT2D eigenvalue weighted by atomic mass is 10.0. The fourth-order valence-electron chi connectivity index (χ4n) is 4.44. The van der Waals surface area contributed by atoms with Gasteiger partial charge in [-0.2, -0.15) is 5.10 Å². The minimum Gasteiger partial charge on any atom is -0.342 e.